The van der Waals surface area contributed by atoms with Crippen molar-refractivity contribution in [2.24, 2.45) is 5.73 Å². The van der Waals surface area contributed by atoms with Crippen LogP contribution in [0.2, 0.25) is 0 Å². The predicted molar refractivity (Wildman–Crippen MR) is 87.4 cm³/mol. The van der Waals surface area contributed by atoms with Crippen LogP contribution in [0, 0.1) is 5.82 Å². The first-order chi connectivity index (χ1) is 10.0. The molecule has 0 saturated heterocycles. The van der Waals surface area contributed by atoms with E-state index in [4.69, 9.17) is 5.73 Å². The molecule has 2 rings (SSSR count). The van der Waals surface area contributed by atoms with Crippen molar-refractivity contribution in [3.63, 3.8) is 0 Å². The summed E-state index contributed by atoms with van der Waals surface area (Å²) in [5.74, 6) is -0.230. The van der Waals surface area contributed by atoms with Crippen LogP contribution in [0.25, 0.3) is 0 Å². The summed E-state index contributed by atoms with van der Waals surface area (Å²) >= 11 is 0. The molecule has 0 heterocycles. The van der Waals surface area contributed by atoms with Crippen LogP contribution in [0.15, 0.2) is 48.5 Å². The van der Waals surface area contributed by atoms with E-state index in [0.29, 0.717) is 6.54 Å². The van der Waals surface area contributed by atoms with Crippen molar-refractivity contribution in [1.29, 1.82) is 0 Å². The predicted octanol–water partition coefficient (Wildman–Crippen LogP) is 3.03. The Kier molecular flexibility index (Phi) is 4.81. The van der Waals surface area contributed by atoms with Crippen molar-refractivity contribution in [3.8, 4) is 0 Å². The lowest BCUT2D eigenvalue weighted by molar-refractivity contribution is 0.626. The Balaban J connectivity index is 2.23. The average Bonchev–Trinajstić information content (AvgIpc) is 2.49. The number of nitrogens with two attached hydrogens (primary N) is 1. The summed E-state index contributed by atoms with van der Waals surface area (Å²) in [6, 6.07) is 14.9. The molecule has 2 N–H and O–H groups in total. The Morgan fingerprint density at radius 3 is 1.90 bits per heavy atom. The minimum atomic E-state index is -0.230. The number of hydrogen-bond donors (Lipinski definition) is 1. The highest BCUT2D eigenvalue weighted by Gasteiger charge is 2.16. The van der Waals surface area contributed by atoms with Crippen LogP contribution in [0.1, 0.15) is 11.6 Å². The third-order valence-corrected chi connectivity index (χ3v) is 3.72. The van der Waals surface area contributed by atoms with Crippen molar-refractivity contribution in [2.75, 3.05) is 37.5 Å². The van der Waals surface area contributed by atoms with Gasteiger partial charge in [-0.3, -0.25) is 0 Å². The van der Waals surface area contributed by atoms with Gasteiger partial charge in [-0.25, -0.2) is 4.39 Å². The van der Waals surface area contributed by atoms with Crippen LogP contribution < -0.4 is 15.5 Å². The molecule has 3 nitrogen and oxygen atoms in total. The van der Waals surface area contributed by atoms with Crippen molar-refractivity contribution in [2.45, 2.75) is 6.04 Å². The SMILES string of the molecule is CN(C)c1ccc(C(CN)N(C)c2ccc(F)cc2)cc1. The van der Waals surface area contributed by atoms with Crippen LogP contribution in [-0.2, 0) is 0 Å². The topological polar surface area (TPSA) is 32.5 Å². The lowest BCUT2D eigenvalue weighted by Crippen LogP contribution is -2.30. The smallest absolute Gasteiger partial charge is 0.123 e. The Bertz CT molecular complexity index is 564. The first kappa shape index (κ1) is 15.3. The Morgan fingerprint density at radius 2 is 1.43 bits per heavy atom. The van der Waals surface area contributed by atoms with Gasteiger partial charge >= 0.3 is 0 Å². The molecule has 0 radical (unpaired) electrons. The largest absolute Gasteiger partial charge is 0.378 e. The third kappa shape index (κ3) is 3.52. The summed E-state index contributed by atoms with van der Waals surface area (Å²) in [7, 11) is 6.00. The molecule has 2 aromatic rings. The van der Waals surface area contributed by atoms with Crippen molar-refractivity contribution in [1.82, 2.24) is 0 Å². The summed E-state index contributed by atoms with van der Waals surface area (Å²) in [5.41, 5.74) is 9.19. The Morgan fingerprint density at radius 1 is 0.905 bits per heavy atom. The molecule has 0 bridgehead atoms. The highest BCUT2D eigenvalue weighted by molar-refractivity contribution is 5.51. The second kappa shape index (κ2) is 6.59. The summed E-state index contributed by atoms with van der Waals surface area (Å²) in [6.07, 6.45) is 0. The summed E-state index contributed by atoms with van der Waals surface area (Å²) in [6.45, 7) is 0.495. The van der Waals surface area contributed by atoms with E-state index in [2.05, 4.69) is 34.1 Å². The van der Waals surface area contributed by atoms with Crippen LogP contribution in [-0.4, -0.2) is 27.7 Å². The molecule has 1 atom stereocenters. The van der Waals surface area contributed by atoms with Gasteiger partial charge in [0.15, 0.2) is 0 Å². The maximum absolute atomic E-state index is 13.0. The van der Waals surface area contributed by atoms with Crippen molar-refractivity contribution < 1.29 is 4.39 Å². The van der Waals surface area contributed by atoms with Gasteiger partial charge in [0.1, 0.15) is 5.82 Å². The van der Waals surface area contributed by atoms with Gasteiger partial charge in [-0.05, 0) is 42.0 Å². The number of likely N-dealkylation sites (N-methyl/N-ethyl adjacent to an activating group) is 1. The van der Waals surface area contributed by atoms with Crippen LogP contribution in [0.4, 0.5) is 15.8 Å². The molecular weight excluding hydrogens is 265 g/mol. The molecule has 2 aromatic carbocycles. The maximum Gasteiger partial charge on any atom is 0.123 e. The number of benzene rings is 2. The van der Waals surface area contributed by atoms with Gasteiger partial charge in [-0.2, -0.15) is 0 Å². The first-order valence-electron chi connectivity index (χ1n) is 6.98. The minimum Gasteiger partial charge on any atom is -0.378 e. The molecule has 0 aliphatic rings. The second-order valence-electron chi connectivity index (χ2n) is 5.32. The molecule has 0 aromatic heterocycles. The van der Waals surface area contributed by atoms with E-state index in [9.17, 15) is 4.39 Å². The van der Waals surface area contributed by atoms with E-state index in [1.54, 1.807) is 12.1 Å². The highest BCUT2D eigenvalue weighted by atomic mass is 19.1. The molecule has 0 aliphatic heterocycles. The van der Waals surface area contributed by atoms with Gasteiger partial charge in [0.2, 0.25) is 0 Å². The van der Waals surface area contributed by atoms with Crippen LogP contribution >= 0.6 is 0 Å². The summed E-state index contributed by atoms with van der Waals surface area (Å²) in [5, 5.41) is 0. The van der Waals surface area contributed by atoms with Crippen molar-refractivity contribution in [3.05, 3.63) is 59.9 Å². The fraction of sp³-hybridized carbons (Fsp3) is 0.294. The maximum atomic E-state index is 13.0. The molecule has 1 unspecified atom stereocenters. The normalized spacial score (nSPS) is 12.0. The van der Waals surface area contributed by atoms with Crippen LogP contribution in [0.3, 0.4) is 0 Å². The molecule has 0 fully saturated rings. The fourth-order valence-corrected chi connectivity index (χ4v) is 2.37. The zero-order valence-electron chi connectivity index (χ0n) is 12.8. The molecule has 112 valence electrons. The standard InChI is InChI=1S/C17H22FN3/c1-20(2)15-8-4-13(5-9-15)17(12-19)21(3)16-10-6-14(18)7-11-16/h4-11,17H,12,19H2,1-3H3. The number of halogens is 1. The van der Waals surface area contributed by atoms with E-state index < -0.39 is 0 Å². The first-order valence-corrected chi connectivity index (χ1v) is 6.98. The Labute approximate surface area is 125 Å². The van der Waals surface area contributed by atoms with Gasteiger partial charge in [-0.1, -0.05) is 12.1 Å². The zero-order chi connectivity index (χ0) is 15.4. The molecule has 0 aliphatic carbocycles. The molecule has 0 spiro atoms. The monoisotopic (exact) mass is 287 g/mol. The average molecular weight is 287 g/mol. The zero-order valence-corrected chi connectivity index (χ0v) is 12.8. The van der Waals surface area contributed by atoms with Crippen LogP contribution in [0.5, 0.6) is 0 Å². The lowest BCUT2D eigenvalue weighted by Gasteiger charge is -2.30. The quantitative estimate of drug-likeness (QED) is 0.917. The molecular formula is C17H22FN3. The van der Waals surface area contributed by atoms with Gasteiger partial charge in [-0.15, -0.1) is 0 Å². The van der Waals surface area contributed by atoms with Gasteiger partial charge < -0.3 is 15.5 Å². The lowest BCUT2D eigenvalue weighted by atomic mass is 10.0. The van der Waals surface area contributed by atoms with Gasteiger partial charge in [0.25, 0.3) is 0 Å². The highest BCUT2D eigenvalue weighted by Crippen LogP contribution is 2.26. The number of nitrogens with zero attached hydrogens (tertiary/aromatic N) is 2. The number of hydrogen-bond acceptors (Lipinski definition) is 3. The third-order valence-electron chi connectivity index (χ3n) is 3.72. The van der Waals surface area contributed by atoms with E-state index >= 15 is 0 Å². The van der Waals surface area contributed by atoms with E-state index in [1.165, 1.54) is 12.1 Å². The summed E-state index contributed by atoms with van der Waals surface area (Å²) < 4.78 is 13.0. The van der Waals surface area contributed by atoms with Gasteiger partial charge in [0.05, 0.1) is 6.04 Å². The van der Waals surface area contributed by atoms with E-state index in [-0.39, 0.29) is 11.9 Å². The number of rotatable bonds is 5. The van der Waals surface area contributed by atoms with E-state index in [1.807, 2.05) is 21.1 Å². The fourth-order valence-electron chi connectivity index (χ4n) is 2.37. The second-order valence-corrected chi connectivity index (χ2v) is 5.32. The molecule has 0 amide bonds. The molecule has 0 saturated carbocycles. The van der Waals surface area contributed by atoms with Crippen molar-refractivity contribution >= 4 is 11.4 Å². The Hall–Kier alpha value is -2.07. The van der Waals surface area contributed by atoms with E-state index in [0.717, 1.165) is 16.9 Å². The number of anilines is 2. The minimum absolute atomic E-state index is 0.0617. The molecule has 4 heteroatoms. The molecule has 21 heavy (non-hydrogen) atoms. The van der Waals surface area contributed by atoms with Gasteiger partial charge in [0, 0.05) is 39.1 Å². The summed E-state index contributed by atoms with van der Waals surface area (Å²) in [4.78, 5) is 4.13.